The summed E-state index contributed by atoms with van der Waals surface area (Å²) in [4.78, 5) is 14.6. The molecule has 4 heteroatoms. The van der Waals surface area contributed by atoms with Crippen molar-refractivity contribution in [3.63, 3.8) is 0 Å². The number of nitrogen functional groups attached to an aromatic ring is 1. The van der Waals surface area contributed by atoms with Gasteiger partial charge >= 0.3 is 0 Å². The van der Waals surface area contributed by atoms with Crippen LogP contribution in [0.5, 0.6) is 0 Å². The second-order valence-corrected chi connectivity index (χ2v) is 6.10. The molecule has 1 aromatic rings. The van der Waals surface area contributed by atoms with E-state index in [4.69, 9.17) is 5.73 Å². The van der Waals surface area contributed by atoms with Crippen LogP contribution in [-0.2, 0) is 4.79 Å². The van der Waals surface area contributed by atoms with Gasteiger partial charge in [0.15, 0.2) is 0 Å². The average molecular weight is 289 g/mol. The Morgan fingerprint density at radius 3 is 2.86 bits per heavy atom. The van der Waals surface area contributed by atoms with E-state index in [2.05, 4.69) is 24.1 Å². The Kier molecular flexibility index (Phi) is 5.23. The number of carbonyl (C=O) groups excluding carboxylic acids is 1. The van der Waals surface area contributed by atoms with Gasteiger partial charge in [-0.2, -0.15) is 0 Å². The number of benzene rings is 1. The molecule has 1 aromatic carbocycles. The zero-order valence-corrected chi connectivity index (χ0v) is 13.4. The van der Waals surface area contributed by atoms with Gasteiger partial charge in [-0.1, -0.05) is 6.92 Å². The number of nitrogens with one attached hydrogen (secondary N) is 1. The van der Waals surface area contributed by atoms with Gasteiger partial charge in [-0.25, -0.2) is 0 Å². The maximum absolute atomic E-state index is 12.1. The topological polar surface area (TPSA) is 58.4 Å². The van der Waals surface area contributed by atoms with Gasteiger partial charge in [0.2, 0.25) is 5.91 Å². The Balaban J connectivity index is 1.87. The molecule has 1 amide bonds. The quantitative estimate of drug-likeness (QED) is 0.819. The molecule has 2 rings (SSSR count). The fourth-order valence-electron chi connectivity index (χ4n) is 3.24. The minimum absolute atomic E-state index is 0.0804. The SMILES string of the molecule is CCC1CCC(C)N1CCC(=O)Nc1ccc(N)cc1C. The highest BCUT2D eigenvalue weighted by atomic mass is 16.1. The molecule has 116 valence electrons. The number of carbonyl (C=O) groups is 1. The van der Waals surface area contributed by atoms with Crippen molar-refractivity contribution in [2.75, 3.05) is 17.6 Å². The number of rotatable bonds is 5. The third-order valence-electron chi connectivity index (χ3n) is 4.55. The summed E-state index contributed by atoms with van der Waals surface area (Å²) in [5, 5.41) is 2.99. The monoisotopic (exact) mass is 289 g/mol. The zero-order valence-electron chi connectivity index (χ0n) is 13.4. The third kappa shape index (κ3) is 3.97. The second kappa shape index (κ2) is 6.94. The lowest BCUT2D eigenvalue weighted by atomic mass is 10.1. The van der Waals surface area contributed by atoms with Gasteiger partial charge in [-0.3, -0.25) is 9.69 Å². The van der Waals surface area contributed by atoms with E-state index in [-0.39, 0.29) is 5.91 Å². The molecular formula is C17H27N3O. The summed E-state index contributed by atoms with van der Waals surface area (Å²) in [5.41, 5.74) is 8.31. The summed E-state index contributed by atoms with van der Waals surface area (Å²) in [6.45, 7) is 7.30. The van der Waals surface area contributed by atoms with E-state index in [9.17, 15) is 4.79 Å². The van der Waals surface area contributed by atoms with Crippen molar-refractivity contribution >= 4 is 17.3 Å². The fraction of sp³-hybridized carbons (Fsp3) is 0.588. The molecule has 3 N–H and O–H groups in total. The summed E-state index contributed by atoms with van der Waals surface area (Å²) >= 11 is 0. The van der Waals surface area contributed by atoms with Gasteiger partial charge in [0.25, 0.3) is 0 Å². The van der Waals surface area contributed by atoms with Crippen LogP contribution in [-0.4, -0.2) is 29.4 Å². The van der Waals surface area contributed by atoms with Crippen LogP contribution in [0.15, 0.2) is 18.2 Å². The molecule has 1 fully saturated rings. The molecule has 4 nitrogen and oxygen atoms in total. The van der Waals surface area contributed by atoms with Crippen molar-refractivity contribution in [3.8, 4) is 0 Å². The first kappa shape index (κ1) is 15.8. The van der Waals surface area contributed by atoms with E-state index in [1.165, 1.54) is 19.3 Å². The third-order valence-corrected chi connectivity index (χ3v) is 4.55. The minimum Gasteiger partial charge on any atom is -0.399 e. The number of anilines is 2. The molecule has 0 aliphatic carbocycles. The summed E-state index contributed by atoms with van der Waals surface area (Å²) < 4.78 is 0. The smallest absolute Gasteiger partial charge is 0.225 e. The standard InChI is InChI=1S/C17H27N3O/c1-4-15-7-5-13(3)20(15)10-9-17(21)19-16-8-6-14(18)11-12(16)2/h6,8,11,13,15H,4-5,7,9-10,18H2,1-3H3,(H,19,21). The zero-order chi connectivity index (χ0) is 15.4. The summed E-state index contributed by atoms with van der Waals surface area (Å²) in [6, 6.07) is 6.81. The van der Waals surface area contributed by atoms with Gasteiger partial charge in [0.05, 0.1) is 0 Å². The van der Waals surface area contributed by atoms with E-state index in [1.807, 2.05) is 25.1 Å². The highest BCUT2D eigenvalue weighted by molar-refractivity contribution is 5.91. The number of amides is 1. The first-order valence-corrected chi connectivity index (χ1v) is 7.93. The van der Waals surface area contributed by atoms with Crippen molar-refractivity contribution in [2.24, 2.45) is 0 Å². The van der Waals surface area contributed by atoms with E-state index in [1.54, 1.807) is 0 Å². The predicted molar refractivity (Wildman–Crippen MR) is 88.3 cm³/mol. The molecular weight excluding hydrogens is 262 g/mol. The molecule has 0 saturated carbocycles. The van der Waals surface area contributed by atoms with Gasteiger partial charge in [0.1, 0.15) is 0 Å². The number of nitrogens with zero attached hydrogens (tertiary/aromatic N) is 1. The van der Waals surface area contributed by atoms with Crippen molar-refractivity contribution in [1.29, 1.82) is 0 Å². The Hall–Kier alpha value is -1.55. The predicted octanol–water partition coefficient (Wildman–Crippen LogP) is 3.17. The lowest BCUT2D eigenvalue weighted by Crippen LogP contribution is -2.36. The van der Waals surface area contributed by atoms with Gasteiger partial charge in [0, 0.05) is 36.4 Å². The van der Waals surface area contributed by atoms with Crippen molar-refractivity contribution in [2.45, 2.75) is 58.5 Å². The summed E-state index contributed by atoms with van der Waals surface area (Å²) in [7, 11) is 0. The Morgan fingerprint density at radius 1 is 1.43 bits per heavy atom. The van der Waals surface area contributed by atoms with E-state index >= 15 is 0 Å². The van der Waals surface area contributed by atoms with Gasteiger partial charge < -0.3 is 11.1 Å². The highest BCUT2D eigenvalue weighted by Gasteiger charge is 2.29. The van der Waals surface area contributed by atoms with Crippen molar-refractivity contribution in [3.05, 3.63) is 23.8 Å². The maximum atomic E-state index is 12.1. The molecule has 1 aliphatic rings. The molecule has 21 heavy (non-hydrogen) atoms. The number of aryl methyl sites for hydroxylation is 1. The van der Waals surface area contributed by atoms with Crippen LogP contribution in [0.4, 0.5) is 11.4 Å². The molecule has 0 bridgehead atoms. The van der Waals surface area contributed by atoms with Crippen LogP contribution in [0.3, 0.4) is 0 Å². The Bertz CT molecular complexity index is 501. The molecule has 1 heterocycles. The van der Waals surface area contributed by atoms with Crippen LogP contribution in [0.2, 0.25) is 0 Å². The number of likely N-dealkylation sites (tertiary alicyclic amines) is 1. The molecule has 0 radical (unpaired) electrons. The summed E-state index contributed by atoms with van der Waals surface area (Å²) in [5.74, 6) is 0.0804. The van der Waals surface area contributed by atoms with Crippen LogP contribution in [0.25, 0.3) is 0 Å². The lowest BCUT2D eigenvalue weighted by Gasteiger charge is -2.27. The van der Waals surface area contributed by atoms with Gasteiger partial charge in [-0.05, 0) is 56.9 Å². The first-order valence-electron chi connectivity index (χ1n) is 7.93. The average Bonchev–Trinajstić information content (AvgIpc) is 2.80. The van der Waals surface area contributed by atoms with Crippen molar-refractivity contribution < 1.29 is 4.79 Å². The van der Waals surface area contributed by atoms with Crippen molar-refractivity contribution in [1.82, 2.24) is 4.90 Å². The molecule has 1 aliphatic heterocycles. The first-order chi connectivity index (χ1) is 10.0. The summed E-state index contributed by atoms with van der Waals surface area (Å²) in [6.07, 6.45) is 4.22. The molecule has 0 aromatic heterocycles. The molecule has 1 saturated heterocycles. The fourth-order valence-corrected chi connectivity index (χ4v) is 3.24. The minimum atomic E-state index is 0.0804. The van der Waals surface area contributed by atoms with E-state index in [0.29, 0.717) is 18.5 Å². The van der Waals surface area contributed by atoms with E-state index < -0.39 is 0 Å². The van der Waals surface area contributed by atoms with E-state index in [0.717, 1.165) is 23.5 Å². The second-order valence-electron chi connectivity index (χ2n) is 6.10. The van der Waals surface area contributed by atoms with Crippen LogP contribution >= 0.6 is 0 Å². The molecule has 0 spiro atoms. The lowest BCUT2D eigenvalue weighted by molar-refractivity contribution is -0.116. The Morgan fingerprint density at radius 2 is 2.19 bits per heavy atom. The van der Waals surface area contributed by atoms with Crippen LogP contribution in [0.1, 0.15) is 45.1 Å². The molecule has 2 unspecified atom stereocenters. The molecule has 2 atom stereocenters. The number of hydrogen-bond donors (Lipinski definition) is 2. The highest BCUT2D eigenvalue weighted by Crippen LogP contribution is 2.26. The van der Waals surface area contributed by atoms with Crippen LogP contribution in [0, 0.1) is 6.92 Å². The normalized spacial score (nSPS) is 22.4. The number of nitrogens with two attached hydrogens (primary N) is 1. The Labute approximate surface area is 127 Å². The maximum Gasteiger partial charge on any atom is 0.225 e. The largest absolute Gasteiger partial charge is 0.399 e. The van der Waals surface area contributed by atoms with Gasteiger partial charge in [-0.15, -0.1) is 0 Å². The number of hydrogen-bond acceptors (Lipinski definition) is 3. The van der Waals surface area contributed by atoms with Crippen LogP contribution < -0.4 is 11.1 Å².